The van der Waals surface area contributed by atoms with E-state index in [4.69, 9.17) is 9.47 Å². The zero-order valence-corrected chi connectivity index (χ0v) is 13.8. The lowest BCUT2D eigenvalue weighted by molar-refractivity contribution is -0.00461. The molecular weight excluding hydrogens is 252 g/mol. The van der Waals surface area contributed by atoms with Crippen LogP contribution in [0.25, 0.3) is 0 Å². The second-order valence-electron chi connectivity index (χ2n) is 6.88. The lowest BCUT2D eigenvalue weighted by Gasteiger charge is -2.41. The molecule has 2 aliphatic rings. The minimum atomic E-state index is 0.228. The third-order valence-electron chi connectivity index (χ3n) is 5.41. The van der Waals surface area contributed by atoms with Crippen molar-refractivity contribution in [3.05, 3.63) is 0 Å². The molecule has 2 fully saturated rings. The summed E-state index contributed by atoms with van der Waals surface area (Å²) in [4.78, 5) is 2.53. The first kappa shape index (κ1) is 16.2. The molecule has 1 N–H and O–H groups in total. The smallest absolute Gasteiger partial charge is 0.0971 e. The Balaban J connectivity index is 1.94. The minimum absolute atomic E-state index is 0.228. The Morgan fingerprint density at radius 2 is 1.65 bits per heavy atom. The molecule has 0 spiro atoms. The molecule has 1 saturated carbocycles. The lowest BCUT2D eigenvalue weighted by Crippen LogP contribution is -2.47. The molecule has 0 amide bonds. The summed E-state index contributed by atoms with van der Waals surface area (Å²) in [5.41, 5.74) is 0. The normalized spacial score (nSPS) is 43.0. The van der Waals surface area contributed by atoms with Gasteiger partial charge in [-0.25, -0.2) is 0 Å². The van der Waals surface area contributed by atoms with E-state index in [2.05, 4.69) is 31.1 Å². The first-order valence-electron chi connectivity index (χ1n) is 8.04. The summed E-state index contributed by atoms with van der Waals surface area (Å²) in [6, 6.07) is 0.649. The highest BCUT2D eigenvalue weighted by molar-refractivity contribution is 4.92. The fraction of sp³-hybridized carbons (Fsp3) is 1.00. The fourth-order valence-corrected chi connectivity index (χ4v) is 4.27. The van der Waals surface area contributed by atoms with Crippen LogP contribution in [0.4, 0.5) is 0 Å². The average Bonchev–Trinajstić information content (AvgIpc) is 2.83. The van der Waals surface area contributed by atoms with Crippen molar-refractivity contribution in [2.45, 2.75) is 44.9 Å². The second kappa shape index (κ2) is 7.21. The van der Waals surface area contributed by atoms with Crippen molar-refractivity contribution in [3.8, 4) is 0 Å². The van der Waals surface area contributed by atoms with E-state index in [9.17, 15) is 0 Å². The second-order valence-corrected chi connectivity index (χ2v) is 6.88. The summed E-state index contributed by atoms with van der Waals surface area (Å²) in [5, 5.41) is 3.55. The molecular formula is C16H32N2O2. The highest BCUT2D eigenvalue weighted by Crippen LogP contribution is 2.35. The van der Waals surface area contributed by atoms with Crippen LogP contribution in [0.1, 0.15) is 26.7 Å². The number of rotatable bonds is 5. The molecule has 4 heteroatoms. The molecule has 0 bridgehead atoms. The Hall–Kier alpha value is -0.160. The van der Waals surface area contributed by atoms with Gasteiger partial charge in [-0.15, -0.1) is 0 Å². The van der Waals surface area contributed by atoms with E-state index in [0.29, 0.717) is 6.04 Å². The van der Waals surface area contributed by atoms with E-state index >= 15 is 0 Å². The molecule has 1 aliphatic carbocycles. The Morgan fingerprint density at radius 1 is 1.05 bits per heavy atom. The van der Waals surface area contributed by atoms with E-state index in [1.165, 1.54) is 19.4 Å². The molecule has 6 unspecified atom stereocenters. The molecule has 1 heterocycles. The molecule has 0 radical (unpaired) electrons. The first-order valence-corrected chi connectivity index (χ1v) is 8.04. The highest BCUT2D eigenvalue weighted by atomic mass is 16.5. The summed E-state index contributed by atoms with van der Waals surface area (Å²) >= 11 is 0. The Bertz CT molecular complexity index is 288. The van der Waals surface area contributed by atoms with Gasteiger partial charge in [0.25, 0.3) is 0 Å². The molecule has 20 heavy (non-hydrogen) atoms. The first-order chi connectivity index (χ1) is 9.58. The molecule has 1 saturated heterocycles. The van der Waals surface area contributed by atoms with E-state index in [-0.39, 0.29) is 12.2 Å². The molecule has 118 valence electrons. The van der Waals surface area contributed by atoms with Crippen molar-refractivity contribution < 1.29 is 9.47 Å². The number of methoxy groups -OCH3 is 2. The number of likely N-dealkylation sites (tertiary alicyclic amines) is 1. The summed E-state index contributed by atoms with van der Waals surface area (Å²) in [6.07, 6.45) is 3.12. The number of hydrogen-bond donors (Lipinski definition) is 1. The molecule has 6 atom stereocenters. The van der Waals surface area contributed by atoms with Crippen LogP contribution in [-0.4, -0.2) is 64.1 Å². The predicted octanol–water partition coefficient (Wildman–Crippen LogP) is 1.60. The van der Waals surface area contributed by atoms with Gasteiger partial charge < -0.3 is 14.8 Å². The van der Waals surface area contributed by atoms with E-state index in [0.717, 1.165) is 30.8 Å². The summed E-state index contributed by atoms with van der Waals surface area (Å²) < 4.78 is 11.1. The van der Waals surface area contributed by atoms with Gasteiger partial charge in [0.2, 0.25) is 0 Å². The Morgan fingerprint density at radius 3 is 2.15 bits per heavy atom. The van der Waals surface area contributed by atoms with Crippen molar-refractivity contribution in [3.63, 3.8) is 0 Å². The number of hydrogen-bond acceptors (Lipinski definition) is 4. The third kappa shape index (κ3) is 3.53. The monoisotopic (exact) mass is 284 g/mol. The maximum atomic E-state index is 5.55. The van der Waals surface area contributed by atoms with E-state index in [1.807, 2.05) is 0 Å². The van der Waals surface area contributed by atoms with Crippen LogP contribution in [0.3, 0.4) is 0 Å². The SMILES string of the molecule is CNC1CC(C)CC(C)C1CN1CC(OC)C(OC)C1. The number of ether oxygens (including phenoxy) is 2. The Kier molecular flexibility index (Phi) is 5.84. The summed E-state index contributed by atoms with van der Waals surface area (Å²) in [7, 11) is 5.70. The van der Waals surface area contributed by atoms with Crippen LogP contribution in [0.15, 0.2) is 0 Å². The predicted molar refractivity (Wildman–Crippen MR) is 81.9 cm³/mol. The average molecular weight is 284 g/mol. The quantitative estimate of drug-likeness (QED) is 0.831. The Labute approximate surface area is 124 Å². The van der Waals surface area contributed by atoms with Gasteiger partial charge in [-0.05, 0) is 37.6 Å². The summed E-state index contributed by atoms with van der Waals surface area (Å²) in [6.45, 7) is 7.98. The van der Waals surface area contributed by atoms with E-state index < -0.39 is 0 Å². The highest BCUT2D eigenvalue weighted by Gasteiger charge is 2.38. The minimum Gasteiger partial charge on any atom is -0.377 e. The molecule has 0 aromatic carbocycles. The van der Waals surface area contributed by atoms with Crippen molar-refractivity contribution in [1.82, 2.24) is 10.2 Å². The lowest BCUT2D eigenvalue weighted by atomic mass is 9.72. The molecule has 0 aromatic rings. The van der Waals surface area contributed by atoms with Crippen LogP contribution in [0, 0.1) is 17.8 Å². The van der Waals surface area contributed by atoms with Crippen molar-refractivity contribution >= 4 is 0 Å². The van der Waals surface area contributed by atoms with Crippen LogP contribution >= 0.6 is 0 Å². The van der Waals surface area contributed by atoms with Gasteiger partial charge in [0.1, 0.15) is 0 Å². The van der Waals surface area contributed by atoms with Gasteiger partial charge in [-0.1, -0.05) is 13.8 Å². The standard InChI is InChI=1S/C16H32N2O2/c1-11-6-12(2)13(14(7-11)17-3)8-18-9-15(19-4)16(10-18)20-5/h11-17H,6-10H2,1-5H3. The zero-order valence-electron chi connectivity index (χ0n) is 13.8. The zero-order chi connectivity index (χ0) is 14.7. The van der Waals surface area contributed by atoms with Crippen LogP contribution in [0.2, 0.25) is 0 Å². The van der Waals surface area contributed by atoms with Crippen LogP contribution < -0.4 is 5.32 Å². The number of nitrogens with one attached hydrogen (secondary N) is 1. The fourth-order valence-electron chi connectivity index (χ4n) is 4.27. The molecule has 0 aromatic heterocycles. The molecule has 1 aliphatic heterocycles. The van der Waals surface area contributed by atoms with Gasteiger partial charge in [-0.2, -0.15) is 0 Å². The van der Waals surface area contributed by atoms with Gasteiger partial charge in [-0.3, -0.25) is 4.90 Å². The molecule has 4 nitrogen and oxygen atoms in total. The van der Waals surface area contributed by atoms with Crippen LogP contribution in [0.5, 0.6) is 0 Å². The maximum absolute atomic E-state index is 5.55. The van der Waals surface area contributed by atoms with Gasteiger partial charge >= 0.3 is 0 Å². The van der Waals surface area contributed by atoms with Gasteiger partial charge in [0.15, 0.2) is 0 Å². The van der Waals surface area contributed by atoms with E-state index in [1.54, 1.807) is 14.2 Å². The third-order valence-corrected chi connectivity index (χ3v) is 5.41. The topological polar surface area (TPSA) is 33.7 Å². The largest absolute Gasteiger partial charge is 0.377 e. The van der Waals surface area contributed by atoms with Crippen molar-refractivity contribution in [2.75, 3.05) is 40.9 Å². The van der Waals surface area contributed by atoms with Gasteiger partial charge in [0, 0.05) is 39.9 Å². The molecule has 2 rings (SSSR count). The number of nitrogens with zero attached hydrogens (tertiary/aromatic N) is 1. The van der Waals surface area contributed by atoms with Gasteiger partial charge in [0.05, 0.1) is 12.2 Å². The van der Waals surface area contributed by atoms with Crippen molar-refractivity contribution in [1.29, 1.82) is 0 Å². The maximum Gasteiger partial charge on any atom is 0.0971 e. The van der Waals surface area contributed by atoms with Crippen molar-refractivity contribution in [2.24, 2.45) is 17.8 Å². The van der Waals surface area contributed by atoms with Crippen LogP contribution in [-0.2, 0) is 9.47 Å². The summed E-state index contributed by atoms with van der Waals surface area (Å²) in [5.74, 6) is 2.37.